The predicted octanol–water partition coefficient (Wildman–Crippen LogP) is 2.39. The molecule has 1 aliphatic heterocycles. The summed E-state index contributed by atoms with van der Waals surface area (Å²) >= 11 is 0. The van der Waals surface area contributed by atoms with Crippen molar-refractivity contribution >= 4 is 11.6 Å². The molecule has 5 nitrogen and oxygen atoms in total. The van der Waals surface area contributed by atoms with Gasteiger partial charge < -0.3 is 15.2 Å². The molecule has 5 heteroatoms. The number of hydrogen-bond acceptors (Lipinski definition) is 4. The van der Waals surface area contributed by atoms with E-state index >= 15 is 0 Å². The molecule has 0 bridgehead atoms. The maximum atomic E-state index is 12.6. The van der Waals surface area contributed by atoms with Gasteiger partial charge in [0.15, 0.2) is 0 Å². The van der Waals surface area contributed by atoms with Gasteiger partial charge >= 0.3 is 0 Å². The molecule has 1 aliphatic rings. The number of piperidine rings is 1. The first-order chi connectivity index (χ1) is 10.7. The SMILES string of the molecule is CCCN1CCCCC1C(=O)Nc1ccc(OC)c(CO)c1. The number of anilines is 1. The highest BCUT2D eigenvalue weighted by Gasteiger charge is 2.28. The second-order valence-corrected chi connectivity index (χ2v) is 5.72. The first kappa shape index (κ1) is 16.8. The van der Waals surface area contributed by atoms with E-state index in [0.29, 0.717) is 17.0 Å². The Bertz CT molecular complexity index is 503. The lowest BCUT2D eigenvalue weighted by Crippen LogP contribution is -2.47. The van der Waals surface area contributed by atoms with Crippen molar-refractivity contribution in [2.75, 3.05) is 25.5 Å². The van der Waals surface area contributed by atoms with E-state index in [9.17, 15) is 9.90 Å². The van der Waals surface area contributed by atoms with Gasteiger partial charge in [0.05, 0.1) is 19.8 Å². The van der Waals surface area contributed by atoms with Crippen LogP contribution in [0.1, 0.15) is 38.2 Å². The molecule has 1 unspecified atom stereocenters. The molecule has 1 amide bonds. The molecule has 0 saturated carbocycles. The van der Waals surface area contributed by atoms with Gasteiger partial charge in [-0.1, -0.05) is 13.3 Å². The number of rotatable bonds is 6. The van der Waals surface area contributed by atoms with Crippen molar-refractivity contribution in [2.45, 2.75) is 45.3 Å². The number of nitrogens with zero attached hydrogens (tertiary/aromatic N) is 1. The third-order valence-electron chi connectivity index (χ3n) is 4.15. The number of aliphatic hydroxyl groups is 1. The Kier molecular flexibility index (Phi) is 6.21. The summed E-state index contributed by atoms with van der Waals surface area (Å²) in [5.41, 5.74) is 1.38. The zero-order chi connectivity index (χ0) is 15.9. The lowest BCUT2D eigenvalue weighted by molar-refractivity contribution is -0.122. The molecular formula is C17H26N2O3. The van der Waals surface area contributed by atoms with E-state index in [1.165, 1.54) is 6.42 Å². The molecule has 0 aromatic heterocycles. The Balaban J connectivity index is 2.07. The van der Waals surface area contributed by atoms with E-state index in [0.717, 1.165) is 32.4 Å². The van der Waals surface area contributed by atoms with Gasteiger partial charge in [0.1, 0.15) is 5.75 Å². The van der Waals surface area contributed by atoms with Gasteiger partial charge in [-0.3, -0.25) is 9.69 Å². The Morgan fingerprint density at radius 2 is 2.27 bits per heavy atom. The molecule has 22 heavy (non-hydrogen) atoms. The van der Waals surface area contributed by atoms with Gasteiger partial charge in [-0.05, 0) is 50.6 Å². The fourth-order valence-corrected chi connectivity index (χ4v) is 3.05. The molecular weight excluding hydrogens is 280 g/mol. The van der Waals surface area contributed by atoms with Crippen molar-refractivity contribution in [3.05, 3.63) is 23.8 Å². The quantitative estimate of drug-likeness (QED) is 0.847. The standard InChI is InChI=1S/C17H26N2O3/c1-3-9-19-10-5-4-6-15(19)17(21)18-14-7-8-16(22-2)13(11-14)12-20/h7-8,11,15,20H,3-6,9-10,12H2,1-2H3,(H,18,21). The number of nitrogens with one attached hydrogen (secondary N) is 1. The number of hydrogen-bond donors (Lipinski definition) is 2. The summed E-state index contributed by atoms with van der Waals surface area (Å²) in [5.74, 6) is 0.674. The van der Waals surface area contributed by atoms with Crippen molar-refractivity contribution in [1.29, 1.82) is 0 Å². The number of carbonyl (C=O) groups is 1. The molecule has 0 spiro atoms. The van der Waals surface area contributed by atoms with Crippen molar-refractivity contribution in [3.8, 4) is 5.75 Å². The lowest BCUT2D eigenvalue weighted by atomic mass is 10.0. The molecule has 2 rings (SSSR count). The van der Waals surface area contributed by atoms with Crippen LogP contribution in [0.3, 0.4) is 0 Å². The molecule has 122 valence electrons. The zero-order valence-corrected chi connectivity index (χ0v) is 13.5. The van der Waals surface area contributed by atoms with Gasteiger partial charge in [0, 0.05) is 11.3 Å². The van der Waals surface area contributed by atoms with Crippen LogP contribution >= 0.6 is 0 Å². The molecule has 1 aromatic carbocycles. The van der Waals surface area contributed by atoms with Crippen LogP contribution in [0.2, 0.25) is 0 Å². The maximum absolute atomic E-state index is 12.6. The van der Waals surface area contributed by atoms with E-state index in [4.69, 9.17) is 4.74 Å². The summed E-state index contributed by atoms with van der Waals surface area (Å²) in [4.78, 5) is 14.8. The fraction of sp³-hybridized carbons (Fsp3) is 0.588. The second-order valence-electron chi connectivity index (χ2n) is 5.72. The number of benzene rings is 1. The minimum atomic E-state index is -0.113. The smallest absolute Gasteiger partial charge is 0.241 e. The van der Waals surface area contributed by atoms with E-state index in [2.05, 4.69) is 17.1 Å². The average molecular weight is 306 g/mol. The number of ether oxygens (including phenoxy) is 1. The minimum Gasteiger partial charge on any atom is -0.496 e. The van der Waals surface area contributed by atoms with Crippen molar-refractivity contribution in [3.63, 3.8) is 0 Å². The average Bonchev–Trinajstić information content (AvgIpc) is 2.55. The van der Waals surface area contributed by atoms with E-state index in [-0.39, 0.29) is 18.6 Å². The molecule has 0 radical (unpaired) electrons. The normalized spacial score (nSPS) is 19.0. The monoisotopic (exact) mass is 306 g/mol. The lowest BCUT2D eigenvalue weighted by Gasteiger charge is -2.34. The number of methoxy groups -OCH3 is 1. The van der Waals surface area contributed by atoms with Crippen molar-refractivity contribution in [1.82, 2.24) is 4.90 Å². The van der Waals surface area contributed by atoms with Crippen molar-refractivity contribution in [2.24, 2.45) is 0 Å². The number of amides is 1. The zero-order valence-electron chi connectivity index (χ0n) is 13.5. The van der Waals surface area contributed by atoms with Crippen LogP contribution in [0, 0.1) is 0 Å². The van der Waals surface area contributed by atoms with Crippen LogP contribution in [-0.2, 0) is 11.4 Å². The highest BCUT2D eigenvalue weighted by molar-refractivity contribution is 5.95. The highest BCUT2D eigenvalue weighted by atomic mass is 16.5. The molecule has 1 aromatic rings. The Labute approximate surface area is 132 Å². The summed E-state index contributed by atoms with van der Waals surface area (Å²) in [5, 5.41) is 12.3. The number of likely N-dealkylation sites (tertiary alicyclic amines) is 1. The van der Waals surface area contributed by atoms with Crippen LogP contribution in [0.5, 0.6) is 5.75 Å². The van der Waals surface area contributed by atoms with E-state index < -0.39 is 0 Å². The summed E-state index contributed by atoms with van der Waals surface area (Å²) in [6.45, 7) is 3.98. The van der Waals surface area contributed by atoms with Gasteiger partial charge in [0.25, 0.3) is 0 Å². The summed E-state index contributed by atoms with van der Waals surface area (Å²) in [6.07, 6.45) is 4.24. The predicted molar refractivity (Wildman–Crippen MR) is 87.0 cm³/mol. The largest absolute Gasteiger partial charge is 0.496 e. The molecule has 1 atom stereocenters. The van der Waals surface area contributed by atoms with Gasteiger partial charge in [-0.25, -0.2) is 0 Å². The second kappa shape index (κ2) is 8.15. The molecule has 2 N–H and O–H groups in total. The number of aliphatic hydroxyl groups excluding tert-OH is 1. The minimum absolute atomic E-state index is 0.0437. The molecule has 1 fully saturated rings. The van der Waals surface area contributed by atoms with Gasteiger partial charge in [-0.2, -0.15) is 0 Å². The van der Waals surface area contributed by atoms with Crippen LogP contribution in [-0.4, -0.2) is 42.2 Å². The Morgan fingerprint density at radius 1 is 1.45 bits per heavy atom. The summed E-state index contributed by atoms with van der Waals surface area (Å²) < 4.78 is 5.18. The third kappa shape index (κ3) is 3.99. The molecule has 1 saturated heterocycles. The maximum Gasteiger partial charge on any atom is 0.241 e. The van der Waals surface area contributed by atoms with Gasteiger partial charge in [-0.15, -0.1) is 0 Å². The third-order valence-corrected chi connectivity index (χ3v) is 4.15. The van der Waals surface area contributed by atoms with Crippen LogP contribution in [0.4, 0.5) is 5.69 Å². The molecule has 0 aliphatic carbocycles. The topological polar surface area (TPSA) is 61.8 Å². The Morgan fingerprint density at radius 3 is 2.95 bits per heavy atom. The number of carbonyl (C=O) groups excluding carboxylic acids is 1. The van der Waals surface area contributed by atoms with Crippen LogP contribution < -0.4 is 10.1 Å². The van der Waals surface area contributed by atoms with Gasteiger partial charge in [0.2, 0.25) is 5.91 Å². The van der Waals surface area contributed by atoms with Crippen molar-refractivity contribution < 1.29 is 14.6 Å². The first-order valence-electron chi connectivity index (χ1n) is 8.02. The summed E-state index contributed by atoms with van der Waals surface area (Å²) in [6, 6.07) is 5.30. The highest BCUT2D eigenvalue weighted by Crippen LogP contribution is 2.24. The van der Waals surface area contributed by atoms with Crippen LogP contribution in [0.25, 0.3) is 0 Å². The first-order valence-corrected chi connectivity index (χ1v) is 8.02. The van der Waals surface area contributed by atoms with Crippen LogP contribution in [0.15, 0.2) is 18.2 Å². The summed E-state index contributed by atoms with van der Waals surface area (Å²) in [7, 11) is 1.57. The Hall–Kier alpha value is -1.59. The van der Waals surface area contributed by atoms with E-state index in [1.54, 1.807) is 19.2 Å². The molecule has 1 heterocycles. The fourth-order valence-electron chi connectivity index (χ4n) is 3.05. The van der Waals surface area contributed by atoms with E-state index in [1.807, 2.05) is 6.07 Å².